The Balaban J connectivity index is 2.50. The summed E-state index contributed by atoms with van der Waals surface area (Å²) in [5.41, 5.74) is 0. The summed E-state index contributed by atoms with van der Waals surface area (Å²) in [5.74, 6) is -0.706. The monoisotopic (exact) mass is 774 g/mol. The van der Waals surface area contributed by atoms with Crippen molar-refractivity contribution in [2.24, 2.45) is 0 Å². The SMILES string of the molecule is CCCCCCCCC/C=C\CCCCCCC(O)C(=O)NC(COC1OC(CO)C(O)C(O)C1O)C(O)C(O)CCCCCCCCCCCCCC. The van der Waals surface area contributed by atoms with E-state index in [-0.39, 0.29) is 6.42 Å². The number of carbonyl (C=O) groups is 1. The average molecular weight is 774 g/mol. The molecular formula is C43H83NO10. The molecule has 1 aliphatic rings. The summed E-state index contributed by atoms with van der Waals surface area (Å²) in [6.07, 6.45) is 22.6. The van der Waals surface area contributed by atoms with E-state index in [1.165, 1.54) is 96.3 Å². The van der Waals surface area contributed by atoms with Gasteiger partial charge in [-0.2, -0.15) is 0 Å². The second-order valence-electron chi connectivity index (χ2n) is 15.8. The van der Waals surface area contributed by atoms with Crippen LogP contribution in [0.3, 0.4) is 0 Å². The van der Waals surface area contributed by atoms with Gasteiger partial charge in [0.05, 0.1) is 25.4 Å². The van der Waals surface area contributed by atoms with Gasteiger partial charge in [0.2, 0.25) is 5.91 Å². The summed E-state index contributed by atoms with van der Waals surface area (Å²) in [4.78, 5) is 13.0. The van der Waals surface area contributed by atoms with E-state index in [4.69, 9.17) is 9.47 Å². The van der Waals surface area contributed by atoms with Crippen LogP contribution in [0.25, 0.3) is 0 Å². The van der Waals surface area contributed by atoms with Crippen molar-refractivity contribution in [3.8, 4) is 0 Å². The van der Waals surface area contributed by atoms with Gasteiger partial charge in [-0.1, -0.05) is 161 Å². The molecule has 1 heterocycles. The fourth-order valence-corrected chi connectivity index (χ4v) is 7.08. The summed E-state index contributed by atoms with van der Waals surface area (Å²) in [6, 6.07) is -1.17. The number of hydrogen-bond donors (Lipinski definition) is 8. The molecule has 320 valence electrons. The molecule has 1 amide bonds. The molecule has 0 bridgehead atoms. The van der Waals surface area contributed by atoms with Gasteiger partial charge >= 0.3 is 0 Å². The quantitative estimate of drug-likeness (QED) is 0.0258. The maximum absolute atomic E-state index is 13.0. The average Bonchev–Trinajstić information content (AvgIpc) is 3.17. The molecule has 8 N–H and O–H groups in total. The lowest BCUT2D eigenvalue weighted by Crippen LogP contribution is -2.60. The first-order chi connectivity index (χ1) is 26.2. The number of unbranched alkanes of at least 4 members (excludes halogenated alkanes) is 22. The molecule has 1 aliphatic heterocycles. The number of ether oxygens (including phenoxy) is 2. The maximum Gasteiger partial charge on any atom is 0.249 e. The van der Waals surface area contributed by atoms with Gasteiger partial charge in [0.15, 0.2) is 6.29 Å². The molecular weight excluding hydrogens is 690 g/mol. The number of hydrogen-bond acceptors (Lipinski definition) is 10. The van der Waals surface area contributed by atoms with Gasteiger partial charge in [0.1, 0.15) is 36.6 Å². The third-order valence-corrected chi connectivity index (χ3v) is 10.8. The molecule has 9 atom stereocenters. The molecule has 1 saturated heterocycles. The first-order valence-corrected chi connectivity index (χ1v) is 22.1. The molecule has 0 aromatic carbocycles. The van der Waals surface area contributed by atoms with E-state index >= 15 is 0 Å². The zero-order valence-electron chi connectivity index (χ0n) is 34.2. The van der Waals surface area contributed by atoms with Crippen molar-refractivity contribution in [3.05, 3.63) is 12.2 Å². The van der Waals surface area contributed by atoms with E-state index < -0.39 is 74.2 Å². The second-order valence-corrected chi connectivity index (χ2v) is 15.8. The Morgan fingerprint density at radius 2 is 1.07 bits per heavy atom. The van der Waals surface area contributed by atoms with Crippen LogP contribution >= 0.6 is 0 Å². The van der Waals surface area contributed by atoms with Crippen LogP contribution in [0, 0.1) is 0 Å². The first kappa shape index (κ1) is 50.9. The molecule has 9 unspecified atom stereocenters. The molecule has 1 fully saturated rings. The number of carbonyl (C=O) groups excluding carboxylic acids is 1. The van der Waals surface area contributed by atoms with Crippen LogP contribution in [-0.4, -0.2) is 110 Å². The first-order valence-electron chi connectivity index (χ1n) is 22.1. The predicted octanol–water partition coefficient (Wildman–Crippen LogP) is 6.50. The van der Waals surface area contributed by atoms with E-state index in [9.17, 15) is 40.5 Å². The van der Waals surface area contributed by atoms with Crippen LogP contribution in [0.4, 0.5) is 0 Å². The second kappa shape index (κ2) is 33.9. The summed E-state index contributed by atoms with van der Waals surface area (Å²) < 4.78 is 11.1. The van der Waals surface area contributed by atoms with E-state index in [1.807, 2.05) is 0 Å². The largest absolute Gasteiger partial charge is 0.394 e. The van der Waals surface area contributed by atoms with Gasteiger partial charge < -0.3 is 50.5 Å². The zero-order valence-corrected chi connectivity index (χ0v) is 34.2. The normalized spacial score (nSPS) is 22.7. The van der Waals surface area contributed by atoms with Crippen LogP contribution < -0.4 is 5.32 Å². The molecule has 1 rings (SSSR count). The van der Waals surface area contributed by atoms with Gasteiger partial charge in [-0.25, -0.2) is 0 Å². The van der Waals surface area contributed by atoms with Crippen molar-refractivity contribution in [1.82, 2.24) is 5.32 Å². The van der Waals surface area contributed by atoms with Crippen molar-refractivity contribution in [3.63, 3.8) is 0 Å². The lowest BCUT2D eigenvalue weighted by Gasteiger charge is -2.40. The molecule has 54 heavy (non-hydrogen) atoms. The molecule has 11 heteroatoms. The highest BCUT2D eigenvalue weighted by molar-refractivity contribution is 5.80. The van der Waals surface area contributed by atoms with Gasteiger partial charge in [0, 0.05) is 0 Å². The number of amides is 1. The van der Waals surface area contributed by atoms with Crippen LogP contribution in [-0.2, 0) is 14.3 Å². The highest BCUT2D eigenvalue weighted by atomic mass is 16.7. The molecule has 0 aromatic heterocycles. The summed E-state index contributed by atoms with van der Waals surface area (Å²) in [7, 11) is 0. The van der Waals surface area contributed by atoms with Crippen LogP contribution in [0.15, 0.2) is 12.2 Å². The fraction of sp³-hybridized carbons (Fsp3) is 0.930. The minimum Gasteiger partial charge on any atom is -0.394 e. The minimum atomic E-state index is -1.66. The molecule has 11 nitrogen and oxygen atoms in total. The summed E-state index contributed by atoms with van der Waals surface area (Å²) in [5, 5.41) is 75.5. The standard InChI is InChI=1S/C43H83NO10/c1-3-5-7-9-11-13-15-17-18-19-21-23-25-27-29-31-36(47)42(52)44-34(33-53-43-41(51)40(50)39(49)37(32-45)54-43)38(48)35(46)30-28-26-24-22-20-16-14-12-10-8-6-4-2/h18-19,34-41,43,45-51H,3-17,20-33H2,1-2H3,(H,44,52)/b19-18-. The van der Waals surface area contributed by atoms with Gasteiger partial charge in [-0.15, -0.1) is 0 Å². The van der Waals surface area contributed by atoms with Crippen LogP contribution in [0.1, 0.15) is 187 Å². The van der Waals surface area contributed by atoms with Crippen molar-refractivity contribution in [1.29, 1.82) is 0 Å². The maximum atomic E-state index is 13.0. The third kappa shape index (κ3) is 23.8. The number of allylic oxidation sites excluding steroid dienone is 2. The van der Waals surface area contributed by atoms with Crippen LogP contribution in [0.2, 0.25) is 0 Å². The third-order valence-electron chi connectivity index (χ3n) is 10.8. The Kier molecular flexibility index (Phi) is 32.0. The lowest BCUT2D eigenvalue weighted by atomic mass is 9.98. The number of aliphatic hydroxyl groups is 7. The van der Waals surface area contributed by atoms with Gasteiger partial charge in [0.25, 0.3) is 0 Å². The highest BCUT2D eigenvalue weighted by Crippen LogP contribution is 2.23. The predicted molar refractivity (Wildman–Crippen MR) is 215 cm³/mol. The zero-order chi connectivity index (χ0) is 39.8. The van der Waals surface area contributed by atoms with E-state index in [0.29, 0.717) is 19.3 Å². The Labute approximate surface area is 328 Å². The lowest BCUT2D eigenvalue weighted by molar-refractivity contribution is -0.303. The Morgan fingerprint density at radius 1 is 0.630 bits per heavy atom. The Hall–Kier alpha value is -1.15. The van der Waals surface area contributed by atoms with Crippen LogP contribution in [0.5, 0.6) is 0 Å². The molecule has 0 saturated carbocycles. The number of rotatable bonds is 36. The van der Waals surface area contributed by atoms with Gasteiger partial charge in [-0.05, 0) is 38.5 Å². The van der Waals surface area contributed by atoms with E-state index in [0.717, 1.165) is 51.4 Å². The highest BCUT2D eigenvalue weighted by Gasteiger charge is 2.44. The van der Waals surface area contributed by atoms with E-state index in [2.05, 4.69) is 31.3 Å². The molecule has 0 aromatic rings. The molecule has 0 spiro atoms. The topological polar surface area (TPSA) is 189 Å². The van der Waals surface area contributed by atoms with Crippen molar-refractivity contribution >= 4 is 5.91 Å². The fourth-order valence-electron chi connectivity index (χ4n) is 7.08. The summed E-state index contributed by atoms with van der Waals surface area (Å²) in [6.45, 7) is 3.41. The molecule has 0 radical (unpaired) electrons. The van der Waals surface area contributed by atoms with Crippen molar-refractivity contribution in [2.75, 3.05) is 13.2 Å². The van der Waals surface area contributed by atoms with E-state index in [1.54, 1.807) is 0 Å². The van der Waals surface area contributed by atoms with Crippen molar-refractivity contribution in [2.45, 2.75) is 242 Å². The minimum absolute atomic E-state index is 0.248. The Bertz CT molecular complexity index is 892. The number of aliphatic hydroxyl groups excluding tert-OH is 7. The molecule has 0 aliphatic carbocycles. The Morgan fingerprint density at radius 3 is 1.56 bits per heavy atom. The smallest absolute Gasteiger partial charge is 0.249 e. The van der Waals surface area contributed by atoms with Gasteiger partial charge in [-0.3, -0.25) is 4.79 Å². The number of nitrogens with one attached hydrogen (secondary N) is 1. The summed E-state index contributed by atoms with van der Waals surface area (Å²) >= 11 is 0. The van der Waals surface area contributed by atoms with Crippen molar-refractivity contribution < 1.29 is 50.0 Å².